The van der Waals surface area contributed by atoms with E-state index >= 15 is 0 Å². The number of fused-ring (bicyclic) bond motifs is 3. The summed E-state index contributed by atoms with van der Waals surface area (Å²) in [6, 6.07) is 11.2. The van der Waals surface area contributed by atoms with Crippen LogP contribution in [-0.2, 0) is 4.74 Å². The topological polar surface area (TPSA) is 54.3 Å². The second-order valence-electron chi connectivity index (χ2n) is 7.48. The number of hydrogen-bond acceptors (Lipinski definition) is 5. The molecule has 0 fully saturated rings. The molecule has 6 nitrogen and oxygen atoms in total. The lowest BCUT2D eigenvalue weighted by Crippen LogP contribution is -2.20. The van der Waals surface area contributed by atoms with Crippen LogP contribution in [0.3, 0.4) is 0 Å². The molecule has 3 rings (SSSR count). The number of ether oxygens (including phenoxy) is 1. The van der Waals surface area contributed by atoms with E-state index in [9.17, 15) is 9.59 Å². The van der Waals surface area contributed by atoms with E-state index in [2.05, 4.69) is 0 Å². The Bertz CT molecular complexity index is 1000. The summed E-state index contributed by atoms with van der Waals surface area (Å²) in [6.07, 6.45) is 2.36. The molecule has 0 aliphatic carbocycles. The molecule has 0 saturated heterocycles. The van der Waals surface area contributed by atoms with Gasteiger partial charge in [0, 0.05) is 36.7 Å². The van der Waals surface area contributed by atoms with E-state index in [1.165, 1.54) is 0 Å². The van der Waals surface area contributed by atoms with Gasteiger partial charge in [-0.15, -0.1) is 0 Å². The van der Waals surface area contributed by atoms with Gasteiger partial charge in [0.05, 0.1) is 16.6 Å². The van der Waals surface area contributed by atoms with Gasteiger partial charge in [-0.25, -0.2) is 4.79 Å². The van der Waals surface area contributed by atoms with Crippen LogP contribution in [0.4, 0.5) is 0 Å². The van der Waals surface area contributed by atoms with Crippen molar-refractivity contribution in [2.75, 3.05) is 47.9 Å². The number of carbonyl (C=O) groups is 2. The standard InChI is InChI=1S/C22H27N3O3/c1-23(2)12-10-20(26)16-8-9-17-19(15-16)25-11-6-5-7-18(25)21(17)22(27)28-14-13-24(3)4/h5-9,11,15H,10,12-14H2,1-4H3. The Labute approximate surface area is 165 Å². The van der Waals surface area contributed by atoms with Crippen molar-refractivity contribution >= 4 is 28.2 Å². The van der Waals surface area contributed by atoms with Crippen LogP contribution in [0.2, 0.25) is 0 Å². The fourth-order valence-electron chi connectivity index (χ4n) is 3.19. The van der Waals surface area contributed by atoms with E-state index in [0.717, 1.165) is 16.4 Å². The Morgan fingerprint density at radius 1 is 0.964 bits per heavy atom. The maximum atomic E-state index is 12.8. The van der Waals surface area contributed by atoms with Crippen LogP contribution in [0.5, 0.6) is 0 Å². The number of Topliss-reactive ketones (excluding diaryl/α,β-unsaturated/α-hetero) is 1. The Morgan fingerprint density at radius 3 is 2.43 bits per heavy atom. The Hall–Kier alpha value is -2.70. The number of likely N-dealkylation sites (N-methyl/N-ethyl adjacent to an activating group) is 1. The smallest absolute Gasteiger partial charge is 0.341 e. The number of esters is 1. The normalized spacial score (nSPS) is 11.6. The third-order valence-corrected chi connectivity index (χ3v) is 4.73. The van der Waals surface area contributed by atoms with Crippen LogP contribution in [0, 0.1) is 0 Å². The van der Waals surface area contributed by atoms with Gasteiger partial charge in [-0.2, -0.15) is 0 Å². The van der Waals surface area contributed by atoms with Crippen LogP contribution < -0.4 is 0 Å². The largest absolute Gasteiger partial charge is 0.461 e. The molecule has 6 heteroatoms. The van der Waals surface area contributed by atoms with E-state index in [1.807, 2.05) is 78.9 Å². The van der Waals surface area contributed by atoms with Crippen molar-refractivity contribution in [3.05, 3.63) is 53.7 Å². The molecule has 0 aliphatic heterocycles. The number of pyridine rings is 1. The summed E-state index contributed by atoms with van der Waals surface area (Å²) in [5.74, 6) is -0.246. The Kier molecular flexibility index (Phi) is 6.11. The van der Waals surface area contributed by atoms with Crippen molar-refractivity contribution in [1.82, 2.24) is 14.2 Å². The lowest BCUT2D eigenvalue weighted by atomic mass is 10.0. The lowest BCUT2D eigenvalue weighted by Gasteiger charge is -2.10. The summed E-state index contributed by atoms with van der Waals surface area (Å²) < 4.78 is 7.43. The molecule has 1 aromatic carbocycles. The summed E-state index contributed by atoms with van der Waals surface area (Å²) in [5.41, 5.74) is 2.82. The Balaban J connectivity index is 2.00. The number of nitrogens with zero attached hydrogens (tertiary/aromatic N) is 3. The van der Waals surface area contributed by atoms with Gasteiger partial charge in [0.2, 0.25) is 0 Å². The molecule has 0 atom stereocenters. The van der Waals surface area contributed by atoms with Gasteiger partial charge in [0.15, 0.2) is 5.78 Å². The molecule has 0 bridgehead atoms. The molecule has 2 heterocycles. The second kappa shape index (κ2) is 8.54. The first kappa shape index (κ1) is 20.0. The zero-order valence-corrected chi connectivity index (χ0v) is 16.9. The molecule has 3 aromatic rings. The summed E-state index contributed by atoms with van der Waals surface area (Å²) >= 11 is 0. The molecular formula is C22H27N3O3. The number of ketones is 1. The zero-order chi connectivity index (χ0) is 20.3. The van der Waals surface area contributed by atoms with Gasteiger partial charge in [-0.1, -0.05) is 18.2 Å². The van der Waals surface area contributed by atoms with Gasteiger partial charge < -0.3 is 18.9 Å². The van der Waals surface area contributed by atoms with Crippen molar-refractivity contribution < 1.29 is 14.3 Å². The number of carbonyl (C=O) groups excluding carboxylic acids is 2. The Morgan fingerprint density at radius 2 is 1.71 bits per heavy atom. The van der Waals surface area contributed by atoms with Gasteiger partial charge in [-0.05, 0) is 46.4 Å². The summed E-state index contributed by atoms with van der Waals surface area (Å²) in [7, 11) is 7.77. The van der Waals surface area contributed by atoms with Crippen LogP contribution in [0.15, 0.2) is 42.6 Å². The minimum Gasteiger partial charge on any atom is -0.461 e. The first-order valence-corrected chi connectivity index (χ1v) is 9.41. The molecule has 28 heavy (non-hydrogen) atoms. The quantitative estimate of drug-likeness (QED) is 0.444. The predicted molar refractivity (Wildman–Crippen MR) is 111 cm³/mol. The number of hydrogen-bond donors (Lipinski definition) is 0. The summed E-state index contributed by atoms with van der Waals surface area (Å²) in [6.45, 7) is 1.70. The molecule has 2 aromatic heterocycles. The highest BCUT2D eigenvalue weighted by atomic mass is 16.5. The van der Waals surface area contributed by atoms with Crippen LogP contribution in [-0.4, -0.2) is 73.8 Å². The second-order valence-corrected chi connectivity index (χ2v) is 7.48. The van der Waals surface area contributed by atoms with Crippen molar-refractivity contribution in [1.29, 1.82) is 0 Å². The molecular weight excluding hydrogens is 354 g/mol. The van der Waals surface area contributed by atoms with E-state index in [-0.39, 0.29) is 11.8 Å². The molecule has 0 spiro atoms. The lowest BCUT2D eigenvalue weighted by molar-refractivity contribution is 0.0486. The SMILES string of the molecule is CN(C)CCOC(=O)c1c2ccc(C(=O)CCN(C)C)cc2n2ccccc12. The molecule has 0 unspecified atom stereocenters. The van der Waals surface area contributed by atoms with Crippen LogP contribution in [0.1, 0.15) is 27.1 Å². The maximum Gasteiger partial charge on any atom is 0.341 e. The monoisotopic (exact) mass is 381 g/mol. The van der Waals surface area contributed by atoms with Gasteiger partial charge >= 0.3 is 5.97 Å². The summed E-state index contributed by atoms with van der Waals surface area (Å²) in [4.78, 5) is 29.3. The van der Waals surface area contributed by atoms with Crippen molar-refractivity contribution in [2.45, 2.75) is 6.42 Å². The van der Waals surface area contributed by atoms with E-state index in [4.69, 9.17) is 4.74 Å². The molecule has 148 valence electrons. The minimum absolute atomic E-state index is 0.0941. The fourth-order valence-corrected chi connectivity index (χ4v) is 3.19. The molecule has 0 N–H and O–H groups in total. The third-order valence-electron chi connectivity index (χ3n) is 4.73. The highest BCUT2D eigenvalue weighted by Gasteiger charge is 2.20. The van der Waals surface area contributed by atoms with Crippen molar-refractivity contribution in [2.24, 2.45) is 0 Å². The summed E-state index contributed by atoms with van der Waals surface area (Å²) in [5, 5.41) is 0.796. The molecule has 0 amide bonds. The number of aromatic nitrogens is 1. The van der Waals surface area contributed by atoms with E-state index in [1.54, 1.807) is 6.07 Å². The van der Waals surface area contributed by atoms with Crippen molar-refractivity contribution in [3.63, 3.8) is 0 Å². The average molecular weight is 381 g/mol. The number of rotatable bonds is 8. The van der Waals surface area contributed by atoms with E-state index in [0.29, 0.717) is 37.2 Å². The minimum atomic E-state index is -0.341. The van der Waals surface area contributed by atoms with Gasteiger partial charge in [-0.3, -0.25) is 4.79 Å². The van der Waals surface area contributed by atoms with Crippen LogP contribution >= 0.6 is 0 Å². The molecule has 0 radical (unpaired) electrons. The van der Waals surface area contributed by atoms with Gasteiger partial charge in [0.25, 0.3) is 0 Å². The predicted octanol–water partition coefficient (Wildman–Crippen LogP) is 2.95. The van der Waals surface area contributed by atoms with Gasteiger partial charge in [0.1, 0.15) is 6.61 Å². The molecule has 0 aliphatic rings. The number of benzene rings is 1. The molecule has 0 saturated carbocycles. The van der Waals surface area contributed by atoms with Crippen LogP contribution in [0.25, 0.3) is 16.4 Å². The average Bonchev–Trinajstić information content (AvgIpc) is 2.99. The first-order chi connectivity index (χ1) is 13.4. The first-order valence-electron chi connectivity index (χ1n) is 9.41. The third kappa shape index (κ3) is 4.24. The maximum absolute atomic E-state index is 12.8. The zero-order valence-electron chi connectivity index (χ0n) is 16.9. The highest BCUT2D eigenvalue weighted by molar-refractivity contribution is 6.13. The van der Waals surface area contributed by atoms with Crippen molar-refractivity contribution in [3.8, 4) is 0 Å². The fraction of sp³-hybridized carbons (Fsp3) is 0.364. The highest BCUT2D eigenvalue weighted by Crippen LogP contribution is 2.28. The van der Waals surface area contributed by atoms with E-state index < -0.39 is 0 Å².